The number of carbonyl (C=O) groups is 3. The van der Waals surface area contributed by atoms with E-state index in [4.69, 9.17) is 0 Å². The van der Waals surface area contributed by atoms with E-state index in [0.717, 1.165) is 4.90 Å². The van der Waals surface area contributed by atoms with Crippen LogP contribution in [0.5, 0.6) is 0 Å². The lowest BCUT2D eigenvalue weighted by molar-refractivity contribution is -0.203. The molecular formula is C24H28F2N4O4. The molecule has 1 aromatic carbocycles. The summed E-state index contributed by atoms with van der Waals surface area (Å²) in [7, 11) is 0. The highest BCUT2D eigenvalue weighted by atomic mass is 19.3. The molecule has 0 spiro atoms. The highest BCUT2D eigenvalue weighted by Crippen LogP contribution is 2.50. The maximum atomic E-state index is 14.9. The van der Waals surface area contributed by atoms with Crippen LogP contribution in [0, 0.1) is 23.2 Å². The minimum Gasteiger partial charge on any atom is -0.376 e. The fourth-order valence-corrected chi connectivity index (χ4v) is 5.49. The number of benzene rings is 1. The summed E-state index contributed by atoms with van der Waals surface area (Å²) in [6.45, 7) is 1.77. The average Bonchev–Trinajstić information content (AvgIpc) is 3.21. The van der Waals surface area contributed by atoms with E-state index in [2.05, 4.69) is 10.6 Å². The molecule has 3 saturated heterocycles. The molecular weight excluding hydrogens is 446 g/mol. The topological polar surface area (TPSA) is 123 Å². The molecule has 3 aliphatic heterocycles. The van der Waals surface area contributed by atoms with Crippen molar-refractivity contribution in [2.24, 2.45) is 11.8 Å². The first kappa shape index (κ1) is 24.1. The summed E-state index contributed by atoms with van der Waals surface area (Å²) in [4.78, 5) is 39.8. The number of hydrogen-bond donors (Lipinski definition) is 3. The van der Waals surface area contributed by atoms with Crippen molar-refractivity contribution in [1.29, 1.82) is 5.26 Å². The zero-order valence-corrected chi connectivity index (χ0v) is 18.8. The van der Waals surface area contributed by atoms with Gasteiger partial charge in [-0.05, 0) is 38.2 Å². The van der Waals surface area contributed by atoms with Crippen LogP contribution in [0.1, 0.15) is 44.6 Å². The molecule has 3 N–H and O–H groups in total. The smallest absolute Gasteiger partial charge is 0.259 e. The lowest BCUT2D eigenvalue weighted by Gasteiger charge is -2.54. The second kappa shape index (κ2) is 8.95. The molecule has 4 aliphatic rings. The van der Waals surface area contributed by atoms with Gasteiger partial charge in [0.05, 0.1) is 12.0 Å². The quantitative estimate of drug-likeness (QED) is 0.576. The Kier molecular flexibility index (Phi) is 6.34. The predicted octanol–water partition coefficient (Wildman–Crippen LogP) is 1.44. The van der Waals surface area contributed by atoms with Crippen LogP contribution in [-0.4, -0.2) is 58.3 Å². The van der Waals surface area contributed by atoms with E-state index >= 15 is 0 Å². The number of halogens is 2. The van der Waals surface area contributed by atoms with Gasteiger partial charge in [0, 0.05) is 24.9 Å². The predicted molar refractivity (Wildman–Crippen MR) is 116 cm³/mol. The van der Waals surface area contributed by atoms with Gasteiger partial charge in [-0.2, -0.15) is 5.26 Å². The Morgan fingerprint density at radius 3 is 2.62 bits per heavy atom. The maximum absolute atomic E-state index is 14.9. The molecule has 0 radical (unpaired) electrons. The third-order valence-corrected chi connectivity index (χ3v) is 7.35. The van der Waals surface area contributed by atoms with Crippen LogP contribution < -0.4 is 10.6 Å². The Morgan fingerprint density at radius 1 is 1.32 bits per heavy atom. The van der Waals surface area contributed by atoms with E-state index < -0.39 is 59.7 Å². The summed E-state index contributed by atoms with van der Waals surface area (Å²) in [6.07, 6.45) is 0.340. The fraction of sp³-hybridized carbons (Fsp3) is 0.583. The normalized spacial score (nSPS) is 30.1. The second-order valence-electron chi connectivity index (χ2n) is 9.60. The van der Waals surface area contributed by atoms with Crippen molar-refractivity contribution in [2.45, 2.75) is 68.7 Å². The summed E-state index contributed by atoms with van der Waals surface area (Å²) < 4.78 is 29.7. The lowest BCUT2D eigenvalue weighted by atomic mass is 9.70. The Hall–Kier alpha value is -3.06. The number of nitriles is 1. The van der Waals surface area contributed by atoms with E-state index in [1.165, 1.54) is 6.92 Å². The number of amides is 3. The van der Waals surface area contributed by atoms with Crippen LogP contribution in [0.2, 0.25) is 0 Å². The highest BCUT2D eigenvalue weighted by Gasteiger charge is 2.62. The van der Waals surface area contributed by atoms with E-state index in [1.807, 2.05) is 6.07 Å². The van der Waals surface area contributed by atoms with Crippen molar-refractivity contribution < 1.29 is 28.3 Å². The molecule has 34 heavy (non-hydrogen) atoms. The molecule has 1 aliphatic carbocycles. The summed E-state index contributed by atoms with van der Waals surface area (Å²) in [5.41, 5.74) is -1.74. The third-order valence-electron chi connectivity index (χ3n) is 7.35. The fourth-order valence-electron chi connectivity index (χ4n) is 5.49. The zero-order valence-electron chi connectivity index (χ0n) is 18.8. The van der Waals surface area contributed by atoms with Gasteiger partial charge in [0.15, 0.2) is 5.60 Å². The van der Waals surface area contributed by atoms with Crippen LogP contribution >= 0.6 is 0 Å². The Morgan fingerprint density at radius 2 is 2.03 bits per heavy atom. The number of hydrogen-bond acceptors (Lipinski definition) is 5. The molecule has 5 rings (SSSR count). The molecule has 1 saturated carbocycles. The van der Waals surface area contributed by atoms with Crippen molar-refractivity contribution in [3.05, 3.63) is 35.9 Å². The van der Waals surface area contributed by atoms with E-state index in [1.54, 1.807) is 30.3 Å². The molecule has 0 aromatic heterocycles. The van der Waals surface area contributed by atoms with Crippen molar-refractivity contribution in [3.63, 3.8) is 0 Å². The monoisotopic (exact) mass is 474 g/mol. The first-order valence-corrected chi connectivity index (χ1v) is 11.5. The van der Waals surface area contributed by atoms with Gasteiger partial charge in [-0.3, -0.25) is 14.4 Å². The molecule has 4 fully saturated rings. The number of rotatable bonds is 6. The Balaban J connectivity index is 1.60. The number of alkyl halides is 2. The van der Waals surface area contributed by atoms with E-state index in [-0.39, 0.29) is 24.3 Å². The minimum absolute atomic E-state index is 0.0509. The molecule has 3 amide bonds. The summed E-state index contributed by atoms with van der Waals surface area (Å²) in [5.74, 6) is -6.95. The Bertz CT molecular complexity index is 1010. The molecule has 1 aromatic rings. The summed E-state index contributed by atoms with van der Waals surface area (Å²) in [6, 6.07) is 6.55. The SMILES string of the molecule is C[C@@](O)(C(=O)N1[C@@H]2CC[C@H]([C@@H]1C(=O)N[C@@H](C#N)C[C@H]1CCNC1=O)C(F)(F)C2)c1ccccc1. The average molecular weight is 475 g/mol. The van der Waals surface area contributed by atoms with Crippen LogP contribution in [0.4, 0.5) is 8.78 Å². The second-order valence-corrected chi connectivity index (χ2v) is 9.60. The van der Waals surface area contributed by atoms with Gasteiger partial charge in [0.25, 0.3) is 11.8 Å². The van der Waals surface area contributed by atoms with Gasteiger partial charge < -0.3 is 20.6 Å². The number of nitrogens with zero attached hydrogens (tertiary/aromatic N) is 2. The molecule has 0 unspecified atom stereocenters. The third kappa shape index (κ3) is 4.25. The van der Waals surface area contributed by atoms with Crippen molar-refractivity contribution in [3.8, 4) is 6.07 Å². The maximum Gasteiger partial charge on any atom is 0.259 e. The first-order chi connectivity index (χ1) is 16.1. The number of carbonyl (C=O) groups excluding carboxylic acids is 3. The summed E-state index contributed by atoms with van der Waals surface area (Å²) in [5, 5.41) is 25.8. The van der Waals surface area contributed by atoms with E-state index in [9.17, 15) is 33.5 Å². The van der Waals surface area contributed by atoms with Gasteiger partial charge >= 0.3 is 0 Å². The van der Waals surface area contributed by atoms with Gasteiger partial charge in [0.1, 0.15) is 12.1 Å². The van der Waals surface area contributed by atoms with Gasteiger partial charge in [-0.1, -0.05) is 30.3 Å². The standard InChI is InChI=1S/C24H28F2N4O4/c1-23(34,15-5-3-2-4-6-15)22(33)30-17-7-8-18(24(25,26)12-17)19(30)21(32)29-16(13-27)11-14-9-10-28-20(14)31/h2-6,14,16-19,34H,7-12H2,1H3,(H,28,31)(H,29,32)/t14-,16-,17-,18-,19-,23+/m1/s1. The van der Waals surface area contributed by atoms with Gasteiger partial charge in [0.2, 0.25) is 11.8 Å². The van der Waals surface area contributed by atoms with Crippen LogP contribution in [0.3, 0.4) is 0 Å². The molecule has 8 nitrogen and oxygen atoms in total. The van der Waals surface area contributed by atoms with Gasteiger partial charge in [-0.25, -0.2) is 8.78 Å². The molecule has 182 valence electrons. The summed E-state index contributed by atoms with van der Waals surface area (Å²) >= 11 is 0. The Labute approximate surface area is 196 Å². The van der Waals surface area contributed by atoms with E-state index in [0.29, 0.717) is 19.4 Å². The first-order valence-electron chi connectivity index (χ1n) is 11.5. The lowest BCUT2D eigenvalue weighted by Crippen LogP contribution is -2.70. The van der Waals surface area contributed by atoms with Gasteiger partial charge in [-0.15, -0.1) is 0 Å². The van der Waals surface area contributed by atoms with Crippen LogP contribution in [0.15, 0.2) is 30.3 Å². The zero-order chi connectivity index (χ0) is 24.7. The largest absolute Gasteiger partial charge is 0.376 e. The number of piperidine rings is 2. The number of fused-ring (bicyclic) bond motifs is 3. The molecule has 2 bridgehead atoms. The van der Waals surface area contributed by atoms with Crippen LogP contribution in [-0.2, 0) is 20.0 Å². The molecule has 10 heteroatoms. The van der Waals surface area contributed by atoms with Crippen molar-refractivity contribution in [2.75, 3.05) is 6.54 Å². The van der Waals surface area contributed by atoms with Crippen molar-refractivity contribution >= 4 is 17.7 Å². The molecule has 6 atom stereocenters. The van der Waals surface area contributed by atoms with Crippen LogP contribution in [0.25, 0.3) is 0 Å². The van der Waals surface area contributed by atoms with Crippen molar-refractivity contribution in [1.82, 2.24) is 15.5 Å². The minimum atomic E-state index is -3.16. The number of aliphatic hydroxyl groups is 1. The highest BCUT2D eigenvalue weighted by molar-refractivity contribution is 5.93. The molecule has 3 heterocycles. The number of nitrogens with one attached hydrogen (secondary N) is 2.